The SMILES string of the molecule is C=C(NCc1ccccn1)c1c(N=C(C)c2ccc(C(N)=O)nc2)cccc1-c1ccccc1. The van der Waals surface area contributed by atoms with Crippen LogP contribution in [0.4, 0.5) is 5.69 Å². The number of primary amides is 1. The summed E-state index contributed by atoms with van der Waals surface area (Å²) in [6.45, 7) is 6.78. The Morgan fingerprint density at radius 1 is 0.971 bits per heavy atom. The number of nitrogens with one attached hydrogen (secondary N) is 1. The van der Waals surface area contributed by atoms with Gasteiger partial charge in [0, 0.05) is 34.9 Å². The van der Waals surface area contributed by atoms with E-state index < -0.39 is 5.91 Å². The van der Waals surface area contributed by atoms with Crippen LogP contribution >= 0.6 is 0 Å². The van der Waals surface area contributed by atoms with E-state index in [1.54, 1.807) is 24.5 Å². The number of nitrogens with zero attached hydrogens (tertiary/aromatic N) is 3. The van der Waals surface area contributed by atoms with Crippen LogP contribution in [-0.2, 0) is 6.54 Å². The van der Waals surface area contributed by atoms with Crippen LogP contribution in [0.1, 0.15) is 34.2 Å². The van der Waals surface area contributed by atoms with Crippen LogP contribution in [0.25, 0.3) is 16.8 Å². The normalized spacial score (nSPS) is 11.1. The van der Waals surface area contributed by atoms with Crippen molar-refractivity contribution in [3.05, 3.63) is 120 Å². The molecule has 0 spiro atoms. The van der Waals surface area contributed by atoms with Gasteiger partial charge in [0.15, 0.2) is 0 Å². The molecule has 0 unspecified atom stereocenters. The lowest BCUT2D eigenvalue weighted by Crippen LogP contribution is -2.13. The molecule has 0 bridgehead atoms. The van der Waals surface area contributed by atoms with Crippen molar-refractivity contribution >= 4 is 23.0 Å². The second-order valence-electron chi connectivity index (χ2n) is 7.71. The van der Waals surface area contributed by atoms with E-state index >= 15 is 0 Å². The molecule has 0 saturated carbocycles. The summed E-state index contributed by atoms with van der Waals surface area (Å²) in [7, 11) is 0. The van der Waals surface area contributed by atoms with Gasteiger partial charge in [-0.25, -0.2) is 0 Å². The Bertz CT molecular complexity index is 1330. The molecule has 0 aliphatic heterocycles. The Morgan fingerprint density at radius 3 is 2.44 bits per heavy atom. The number of rotatable bonds is 8. The van der Waals surface area contributed by atoms with Gasteiger partial charge in [0.05, 0.1) is 17.9 Å². The maximum Gasteiger partial charge on any atom is 0.267 e. The van der Waals surface area contributed by atoms with Crippen molar-refractivity contribution in [3.8, 4) is 11.1 Å². The van der Waals surface area contributed by atoms with Gasteiger partial charge in [-0.3, -0.25) is 19.8 Å². The van der Waals surface area contributed by atoms with E-state index in [1.807, 2.05) is 55.5 Å². The molecular formula is C28H25N5O. The highest BCUT2D eigenvalue weighted by Crippen LogP contribution is 2.35. The largest absolute Gasteiger partial charge is 0.379 e. The molecule has 0 saturated heterocycles. The third kappa shape index (κ3) is 5.24. The van der Waals surface area contributed by atoms with Crippen LogP contribution in [0.3, 0.4) is 0 Å². The molecule has 3 N–H and O–H groups in total. The topological polar surface area (TPSA) is 93.3 Å². The summed E-state index contributed by atoms with van der Waals surface area (Å²) in [4.78, 5) is 24.8. The number of aliphatic imine (C=N–C) groups is 1. The summed E-state index contributed by atoms with van der Waals surface area (Å²) >= 11 is 0. The molecule has 0 aliphatic rings. The number of hydrogen-bond donors (Lipinski definition) is 2. The van der Waals surface area contributed by atoms with Crippen LogP contribution in [0.2, 0.25) is 0 Å². The average molecular weight is 448 g/mol. The van der Waals surface area contributed by atoms with E-state index in [4.69, 9.17) is 10.7 Å². The summed E-state index contributed by atoms with van der Waals surface area (Å²) in [6.07, 6.45) is 3.38. The zero-order valence-electron chi connectivity index (χ0n) is 18.9. The van der Waals surface area contributed by atoms with E-state index in [0.717, 1.165) is 45.0 Å². The molecule has 6 heteroatoms. The maximum atomic E-state index is 11.3. The maximum absolute atomic E-state index is 11.3. The quantitative estimate of drug-likeness (QED) is 0.366. The zero-order valence-corrected chi connectivity index (χ0v) is 18.9. The van der Waals surface area contributed by atoms with Gasteiger partial charge in [0.1, 0.15) is 5.69 Å². The molecule has 2 heterocycles. The number of nitrogens with two attached hydrogens (primary N) is 1. The molecule has 4 aromatic rings. The molecule has 0 atom stereocenters. The Hall–Kier alpha value is -4.58. The minimum Gasteiger partial charge on any atom is -0.379 e. The van der Waals surface area contributed by atoms with Crippen LogP contribution < -0.4 is 11.1 Å². The van der Waals surface area contributed by atoms with Gasteiger partial charge in [-0.2, -0.15) is 0 Å². The second-order valence-corrected chi connectivity index (χ2v) is 7.71. The molecule has 4 rings (SSSR count). The Kier molecular flexibility index (Phi) is 6.89. The molecule has 0 radical (unpaired) electrons. The fourth-order valence-electron chi connectivity index (χ4n) is 3.60. The number of pyridine rings is 2. The van der Waals surface area contributed by atoms with Gasteiger partial charge in [0.2, 0.25) is 0 Å². The monoisotopic (exact) mass is 447 g/mol. The first-order valence-electron chi connectivity index (χ1n) is 10.9. The Labute approximate surface area is 198 Å². The predicted molar refractivity (Wildman–Crippen MR) is 137 cm³/mol. The van der Waals surface area contributed by atoms with E-state index in [2.05, 4.69) is 40.1 Å². The lowest BCUT2D eigenvalue weighted by atomic mass is 9.96. The first kappa shape index (κ1) is 22.6. The third-order valence-electron chi connectivity index (χ3n) is 5.36. The number of carbonyl (C=O) groups excluding carboxylic acids is 1. The van der Waals surface area contributed by atoms with Crippen LogP contribution in [0, 0.1) is 0 Å². The summed E-state index contributed by atoms with van der Waals surface area (Å²) in [6, 6.07) is 25.4. The summed E-state index contributed by atoms with van der Waals surface area (Å²) < 4.78 is 0. The van der Waals surface area contributed by atoms with Crippen molar-refractivity contribution in [3.63, 3.8) is 0 Å². The standard InChI is InChI=1S/C28H25N5O/c1-19(22-14-15-26(28(29)34)32-17-22)33-25-13-8-12-24(21-9-4-3-5-10-21)27(25)20(2)31-18-23-11-6-7-16-30-23/h3-17,31H,2,18H2,1H3,(H2,29,34). The minimum absolute atomic E-state index is 0.218. The summed E-state index contributed by atoms with van der Waals surface area (Å²) in [5.41, 5.74) is 12.5. The van der Waals surface area contributed by atoms with Gasteiger partial charge in [-0.15, -0.1) is 0 Å². The summed E-state index contributed by atoms with van der Waals surface area (Å²) in [5.74, 6) is -0.561. The number of carbonyl (C=O) groups is 1. The van der Waals surface area contributed by atoms with Crippen molar-refractivity contribution < 1.29 is 4.79 Å². The van der Waals surface area contributed by atoms with E-state index in [0.29, 0.717) is 6.54 Å². The Morgan fingerprint density at radius 2 is 1.76 bits per heavy atom. The fraction of sp³-hybridized carbons (Fsp3) is 0.0714. The smallest absolute Gasteiger partial charge is 0.267 e. The zero-order chi connectivity index (χ0) is 23.9. The van der Waals surface area contributed by atoms with Crippen LogP contribution in [0.5, 0.6) is 0 Å². The number of amides is 1. The highest BCUT2D eigenvalue weighted by Gasteiger charge is 2.14. The third-order valence-corrected chi connectivity index (χ3v) is 5.36. The number of benzene rings is 2. The molecule has 0 aliphatic carbocycles. The predicted octanol–water partition coefficient (Wildman–Crippen LogP) is 5.14. The molecule has 6 nitrogen and oxygen atoms in total. The fourth-order valence-corrected chi connectivity index (χ4v) is 3.60. The minimum atomic E-state index is -0.561. The molecule has 168 valence electrons. The first-order chi connectivity index (χ1) is 16.5. The number of aromatic nitrogens is 2. The van der Waals surface area contributed by atoms with Crippen molar-refractivity contribution in [2.45, 2.75) is 13.5 Å². The highest BCUT2D eigenvalue weighted by molar-refractivity contribution is 6.02. The Balaban J connectivity index is 1.73. The highest BCUT2D eigenvalue weighted by atomic mass is 16.1. The van der Waals surface area contributed by atoms with Crippen molar-refractivity contribution in [2.24, 2.45) is 10.7 Å². The van der Waals surface area contributed by atoms with Crippen molar-refractivity contribution in [2.75, 3.05) is 0 Å². The van der Waals surface area contributed by atoms with E-state index in [9.17, 15) is 4.79 Å². The first-order valence-corrected chi connectivity index (χ1v) is 10.9. The lowest BCUT2D eigenvalue weighted by Gasteiger charge is -2.17. The van der Waals surface area contributed by atoms with Gasteiger partial charge in [-0.1, -0.05) is 55.1 Å². The molecule has 2 aromatic carbocycles. The summed E-state index contributed by atoms with van der Waals surface area (Å²) in [5, 5.41) is 3.41. The van der Waals surface area contributed by atoms with Gasteiger partial charge in [0.25, 0.3) is 5.91 Å². The van der Waals surface area contributed by atoms with Crippen LogP contribution in [-0.4, -0.2) is 21.6 Å². The molecule has 34 heavy (non-hydrogen) atoms. The van der Waals surface area contributed by atoms with E-state index in [1.165, 1.54) is 0 Å². The molecule has 0 fully saturated rings. The van der Waals surface area contributed by atoms with Crippen molar-refractivity contribution in [1.29, 1.82) is 0 Å². The van der Waals surface area contributed by atoms with E-state index in [-0.39, 0.29) is 5.69 Å². The molecule has 1 amide bonds. The van der Waals surface area contributed by atoms with Gasteiger partial charge in [-0.05, 0) is 48.4 Å². The van der Waals surface area contributed by atoms with Gasteiger partial charge < -0.3 is 11.1 Å². The lowest BCUT2D eigenvalue weighted by molar-refractivity contribution is 0.0995. The van der Waals surface area contributed by atoms with Gasteiger partial charge >= 0.3 is 0 Å². The molecular weight excluding hydrogens is 422 g/mol. The average Bonchev–Trinajstić information content (AvgIpc) is 2.88. The van der Waals surface area contributed by atoms with Crippen LogP contribution in [0.15, 0.2) is 103 Å². The molecule has 2 aromatic heterocycles. The number of hydrogen-bond acceptors (Lipinski definition) is 5. The second kappa shape index (κ2) is 10.4. The van der Waals surface area contributed by atoms with Crippen molar-refractivity contribution in [1.82, 2.24) is 15.3 Å².